The Balaban J connectivity index is 1.49. The van der Waals surface area contributed by atoms with Crippen molar-refractivity contribution in [3.63, 3.8) is 0 Å². The van der Waals surface area contributed by atoms with E-state index in [0.29, 0.717) is 5.56 Å². The van der Waals surface area contributed by atoms with Gasteiger partial charge >= 0.3 is 0 Å². The van der Waals surface area contributed by atoms with E-state index in [1.807, 2.05) is 50.2 Å². The maximum Gasteiger partial charge on any atom is 0.255 e. The molecule has 6 nitrogen and oxygen atoms in total. The highest BCUT2D eigenvalue weighted by Crippen LogP contribution is 2.19. The van der Waals surface area contributed by atoms with Crippen LogP contribution in [0.3, 0.4) is 0 Å². The lowest BCUT2D eigenvalue weighted by Crippen LogP contribution is -2.35. The number of hydrogen-bond acceptors (Lipinski definition) is 4. The molecular weight excluding hydrogens is 340 g/mol. The zero-order valence-corrected chi connectivity index (χ0v) is 15.7. The molecule has 3 aromatic rings. The topological polar surface area (TPSA) is 70.2 Å². The molecule has 0 atom stereocenters. The number of nitrogens with one attached hydrogen (secondary N) is 2. The average Bonchev–Trinajstić information content (AvgIpc) is 3.06. The summed E-state index contributed by atoms with van der Waals surface area (Å²) in [5.74, 6) is 0.829. The smallest absolute Gasteiger partial charge is 0.255 e. The number of amides is 1. The van der Waals surface area contributed by atoms with Crippen LogP contribution >= 0.6 is 0 Å². The van der Waals surface area contributed by atoms with E-state index in [9.17, 15) is 4.79 Å². The van der Waals surface area contributed by atoms with Crippen LogP contribution in [0.15, 0.2) is 36.4 Å². The van der Waals surface area contributed by atoms with Gasteiger partial charge in [0.2, 0.25) is 0 Å². The molecule has 27 heavy (non-hydrogen) atoms. The third-order valence-corrected chi connectivity index (χ3v) is 5.03. The molecule has 0 unspecified atom stereocenters. The number of carbonyl (C=O) groups is 1. The molecular formula is C21H24N4O2. The molecule has 2 heterocycles. The third-order valence-electron chi connectivity index (χ3n) is 5.03. The number of nitrogens with zero attached hydrogens (tertiary/aromatic N) is 2. The van der Waals surface area contributed by atoms with Gasteiger partial charge in [-0.15, -0.1) is 0 Å². The van der Waals surface area contributed by atoms with E-state index in [1.165, 1.54) is 5.56 Å². The molecule has 1 amide bonds. The summed E-state index contributed by atoms with van der Waals surface area (Å²) in [6.45, 7) is 8.23. The number of aromatic amines is 1. The summed E-state index contributed by atoms with van der Waals surface area (Å²) in [5, 5.41) is 2.97. The Kier molecular flexibility index (Phi) is 4.92. The third kappa shape index (κ3) is 4.02. The Labute approximate surface area is 158 Å². The Morgan fingerprint density at radius 1 is 1.15 bits per heavy atom. The molecule has 1 aliphatic rings. The summed E-state index contributed by atoms with van der Waals surface area (Å²) in [4.78, 5) is 22.9. The number of rotatable bonds is 4. The molecule has 1 saturated heterocycles. The lowest BCUT2D eigenvalue weighted by molar-refractivity contribution is 0.0332. The first kappa shape index (κ1) is 17.7. The van der Waals surface area contributed by atoms with Crippen molar-refractivity contribution in [3.05, 3.63) is 58.9 Å². The lowest BCUT2D eigenvalue weighted by atomic mass is 10.1. The number of morpholine rings is 1. The minimum atomic E-state index is -0.106. The van der Waals surface area contributed by atoms with Crippen LogP contribution in [0.4, 0.5) is 5.69 Å². The summed E-state index contributed by atoms with van der Waals surface area (Å²) in [6.07, 6.45) is 0. The first-order valence-corrected chi connectivity index (χ1v) is 9.26. The van der Waals surface area contributed by atoms with Gasteiger partial charge in [0.15, 0.2) is 0 Å². The zero-order chi connectivity index (χ0) is 18.8. The molecule has 140 valence electrons. The molecule has 1 aromatic heterocycles. The van der Waals surface area contributed by atoms with Gasteiger partial charge in [0.05, 0.1) is 30.8 Å². The highest BCUT2D eigenvalue weighted by molar-refractivity contribution is 6.05. The molecule has 0 bridgehead atoms. The van der Waals surface area contributed by atoms with E-state index in [-0.39, 0.29) is 5.91 Å². The van der Waals surface area contributed by atoms with Crippen LogP contribution in [0.2, 0.25) is 0 Å². The van der Waals surface area contributed by atoms with E-state index < -0.39 is 0 Å². The predicted molar refractivity (Wildman–Crippen MR) is 106 cm³/mol. The maximum atomic E-state index is 12.5. The molecule has 0 saturated carbocycles. The Hall–Kier alpha value is -2.70. The zero-order valence-electron chi connectivity index (χ0n) is 15.7. The number of H-pyrrole nitrogens is 1. The molecule has 6 heteroatoms. The monoisotopic (exact) mass is 364 g/mol. The SMILES string of the molecule is Cc1ccc(C(=O)Nc2ccc3nc(CN4CCOCC4)[nH]c3c2)cc1C. The minimum absolute atomic E-state index is 0.106. The normalized spacial score (nSPS) is 15.2. The highest BCUT2D eigenvalue weighted by Gasteiger charge is 2.13. The number of benzene rings is 2. The van der Waals surface area contributed by atoms with Crippen LogP contribution in [-0.2, 0) is 11.3 Å². The molecule has 1 fully saturated rings. The van der Waals surface area contributed by atoms with Gasteiger partial charge in [-0.05, 0) is 55.3 Å². The number of ether oxygens (including phenoxy) is 1. The number of fused-ring (bicyclic) bond motifs is 1. The summed E-state index contributed by atoms with van der Waals surface area (Å²) >= 11 is 0. The van der Waals surface area contributed by atoms with Crippen LogP contribution < -0.4 is 5.32 Å². The summed E-state index contributed by atoms with van der Waals surface area (Å²) < 4.78 is 5.39. The van der Waals surface area contributed by atoms with Gasteiger partial charge < -0.3 is 15.0 Å². The van der Waals surface area contributed by atoms with Crippen molar-refractivity contribution in [2.45, 2.75) is 20.4 Å². The molecule has 0 aliphatic carbocycles. The van der Waals surface area contributed by atoms with Crippen molar-refractivity contribution < 1.29 is 9.53 Å². The van der Waals surface area contributed by atoms with Gasteiger partial charge in [0.1, 0.15) is 5.82 Å². The van der Waals surface area contributed by atoms with Crippen molar-refractivity contribution in [1.82, 2.24) is 14.9 Å². The van der Waals surface area contributed by atoms with E-state index in [1.54, 1.807) is 0 Å². The van der Waals surface area contributed by atoms with Crippen LogP contribution in [0, 0.1) is 13.8 Å². The van der Waals surface area contributed by atoms with Crippen molar-refractivity contribution in [2.24, 2.45) is 0 Å². The number of imidazole rings is 1. The molecule has 2 aromatic carbocycles. The standard InChI is InChI=1S/C21H24N4O2/c1-14-3-4-16(11-15(14)2)21(26)22-17-5-6-18-19(12-17)24-20(23-18)13-25-7-9-27-10-8-25/h3-6,11-12H,7-10,13H2,1-2H3,(H,22,26)(H,23,24). The summed E-state index contributed by atoms with van der Waals surface area (Å²) in [6, 6.07) is 11.5. The second-order valence-corrected chi connectivity index (χ2v) is 7.06. The van der Waals surface area contributed by atoms with Crippen LogP contribution in [-0.4, -0.2) is 47.1 Å². The highest BCUT2D eigenvalue weighted by atomic mass is 16.5. The average molecular weight is 364 g/mol. The lowest BCUT2D eigenvalue weighted by Gasteiger charge is -2.25. The first-order chi connectivity index (χ1) is 13.1. The van der Waals surface area contributed by atoms with Crippen molar-refractivity contribution in [2.75, 3.05) is 31.6 Å². The minimum Gasteiger partial charge on any atom is -0.379 e. The van der Waals surface area contributed by atoms with E-state index in [2.05, 4.69) is 20.2 Å². The first-order valence-electron chi connectivity index (χ1n) is 9.26. The number of aromatic nitrogens is 2. The van der Waals surface area contributed by atoms with Gasteiger partial charge in [0.25, 0.3) is 5.91 Å². The maximum absolute atomic E-state index is 12.5. The largest absolute Gasteiger partial charge is 0.379 e. The summed E-state index contributed by atoms with van der Waals surface area (Å²) in [7, 11) is 0. The second kappa shape index (κ2) is 7.50. The predicted octanol–water partition coefficient (Wildman–Crippen LogP) is 3.26. The van der Waals surface area contributed by atoms with Gasteiger partial charge in [-0.3, -0.25) is 9.69 Å². The van der Waals surface area contributed by atoms with E-state index >= 15 is 0 Å². The Morgan fingerprint density at radius 3 is 2.74 bits per heavy atom. The molecule has 0 spiro atoms. The number of hydrogen-bond donors (Lipinski definition) is 2. The number of aryl methyl sites for hydroxylation is 2. The molecule has 1 aliphatic heterocycles. The van der Waals surface area contributed by atoms with Gasteiger partial charge in [-0.1, -0.05) is 6.07 Å². The van der Waals surface area contributed by atoms with Crippen molar-refractivity contribution in [1.29, 1.82) is 0 Å². The molecule has 4 rings (SSSR count). The van der Waals surface area contributed by atoms with Crippen LogP contribution in [0.5, 0.6) is 0 Å². The van der Waals surface area contributed by atoms with Crippen molar-refractivity contribution in [3.8, 4) is 0 Å². The number of carbonyl (C=O) groups excluding carboxylic acids is 1. The van der Waals surface area contributed by atoms with Gasteiger partial charge in [-0.2, -0.15) is 0 Å². The molecule has 0 radical (unpaired) electrons. The van der Waals surface area contributed by atoms with Crippen LogP contribution in [0.1, 0.15) is 27.3 Å². The fourth-order valence-electron chi connectivity index (χ4n) is 3.27. The van der Waals surface area contributed by atoms with E-state index in [4.69, 9.17) is 4.74 Å². The molecule has 2 N–H and O–H groups in total. The Bertz CT molecular complexity index is 973. The van der Waals surface area contributed by atoms with E-state index in [0.717, 1.165) is 61.0 Å². The fourth-order valence-corrected chi connectivity index (χ4v) is 3.27. The van der Waals surface area contributed by atoms with Gasteiger partial charge in [-0.25, -0.2) is 4.98 Å². The fraction of sp³-hybridized carbons (Fsp3) is 0.333. The quantitative estimate of drug-likeness (QED) is 0.745. The van der Waals surface area contributed by atoms with Crippen LogP contribution in [0.25, 0.3) is 11.0 Å². The second-order valence-electron chi connectivity index (χ2n) is 7.06. The Morgan fingerprint density at radius 2 is 1.96 bits per heavy atom. The number of anilines is 1. The summed E-state index contributed by atoms with van der Waals surface area (Å²) in [5.41, 5.74) is 5.54. The van der Waals surface area contributed by atoms with Crippen molar-refractivity contribution >= 4 is 22.6 Å². The van der Waals surface area contributed by atoms with Gasteiger partial charge in [0, 0.05) is 24.3 Å².